The summed E-state index contributed by atoms with van der Waals surface area (Å²) < 4.78 is 27.0. The predicted octanol–water partition coefficient (Wildman–Crippen LogP) is 3.55. The maximum absolute atomic E-state index is 12.7. The summed E-state index contributed by atoms with van der Waals surface area (Å²) in [6.45, 7) is 1.12. The fourth-order valence-electron chi connectivity index (χ4n) is 2.89. The van der Waals surface area contributed by atoms with Crippen LogP contribution in [0.25, 0.3) is 0 Å². The van der Waals surface area contributed by atoms with E-state index in [9.17, 15) is 13.2 Å². The maximum atomic E-state index is 12.7. The molecule has 8 heteroatoms. The Morgan fingerprint density at radius 2 is 1.69 bits per heavy atom. The van der Waals surface area contributed by atoms with Gasteiger partial charge >= 0.3 is 0 Å². The molecular formula is C18H20ClN3O3S. The molecule has 26 heavy (non-hydrogen) atoms. The predicted molar refractivity (Wildman–Crippen MR) is 101 cm³/mol. The zero-order valence-corrected chi connectivity index (χ0v) is 15.8. The molecule has 0 radical (unpaired) electrons. The van der Waals surface area contributed by atoms with Gasteiger partial charge in [-0.25, -0.2) is 13.4 Å². The molecule has 0 unspecified atom stereocenters. The minimum absolute atomic E-state index is 0.233. The first-order valence-corrected chi connectivity index (χ1v) is 10.3. The number of anilines is 1. The van der Waals surface area contributed by atoms with Crippen LogP contribution < -0.4 is 5.32 Å². The van der Waals surface area contributed by atoms with Crippen molar-refractivity contribution in [2.24, 2.45) is 0 Å². The van der Waals surface area contributed by atoms with Crippen molar-refractivity contribution in [1.82, 2.24) is 9.29 Å². The minimum atomic E-state index is -3.49. The fourth-order valence-corrected chi connectivity index (χ4v) is 4.58. The van der Waals surface area contributed by atoms with Crippen LogP contribution in [-0.2, 0) is 10.0 Å². The van der Waals surface area contributed by atoms with Crippen molar-refractivity contribution in [2.75, 3.05) is 18.4 Å². The summed E-state index contributed by atoms with van der Waals surface area (Å²) in [5, 5.41) is 2.95. The van der Waals surface area contributed by atoms with E-state index in [4.69, 9.17) is 11.6 Å². The summed E-state index contributed by atoms with van der Waals surface area (Å²) in [6.07, 6.45) is 5.36. The quantitative estimate of drug-likeness (QED) is 0.805. The van der Waals surface area contributed by atoms with Gasteiger partial charge in [0, 0.05) is 30.5 Å². The van der Waals surface area contributed by atoms with Crippen LogP contribution in [0, 0.1) is 0 Å². The number of amides is 1. The van der Waals surface area contributed by atoms with E-state index in [1.165, 1.54) is 24.4 Å². The van der Waals surface area contributed by atoms with Gasteiger partial charge in [-0.15, -0.1) is 0 Å². The molecule has 1 aliphatic heterocycles. The number of sulfonamides is 1. The molecular weight excluding hydrogens is 374 g/mol. The van der Waals surface area contributed by atoms with Gasteiger partial charge in [-0.05, 0) is 49.2 Å². The Labute approximate surface area is 158 Å². The highest BCUT2D eigenvalue weighted by Gasteiger charge is 2.25. The van der Waals surface area contributed by atoms with Gasteiger partial charge in [0.25, 0.3) is 5.91 Å². The third-order valence-corrected chi connectivity index (χ3v) is 6.42. The Hall–Kier alpha value is -1.96. The molecule has 0 saturated carbocycles. The standard InChI is InChI=1S/C18H20ClN3O3S/c19-17-13-14(9-10-20-17)18(23)21-15-5-7-16(8-6-15)26(24,25)22-11-3-1-2-4-12-22/h5-10,13H,1-4,11-12H2,(H,21,23). The minimum Gasteiger partial charge on any atom is -0.322 e. The fraction of sp³-hybridized carbons (Fsp3) is 0.333. The molecule has 1 amide bonds. The van der Waals surface area contributed by atoms with Crippen molar-refractivity contribution in [3.63, 3.8) is 0 Å². The summed E-state index contributed by atoms with van der Waals surface area (Å²) in [4.78, 5) is 16.3. The zero-order valence-electron chi connectivity index (χ0n) is 14.2. The molecule has 1 aromatic carbocycles. The first-order chi connectivity index (χ1) is 12.5. The van der Waals surface area contributed by atoms with Crippen LogP contribution in [0.4, 0.5) is 5.69 Å². The lowest BCUT2D eigenvalue weighted by atomic mass is 10.2. The van der Waals surface area contributed by atoms with Crippen molar-refractivity contribution in [3.8, 4) is 0 Å². The van der Waals surface area contributed by atoms with Crippen LogP contribution in [0.5, 0.6) is 0 Å². The van der Waals surface area contributed by atoms with E-state index >= 15 is 0 Å². The summed E-state index contributed by atoms with van der Waals surface area (Å²) in [5.74, 6) is -0.336. The van der Waals surface area contributed by atoms with Gasteiger partial charge in [0.05, 0.1) is 4.90 Å². The van der Waals surface area contributed by atoms with Gasteiger partial charge in [-0.3, -0.25) is 4.79 Å². The SMILES string of the molecule is O=C(Nc1ccc(S(=O)(=O)N2CCCCCC2)cc1)c1ccnc(Cl)c1. The molecule has 1 N–H and O–H groups in total. The van der Waals surface area contributed by atoms with Crippen LogP contribution >= 0.6 is 11.6 Å². The van der Waals surface area contributed by atoms with E-state index in [0.717, 1.165) is 25.7 Å². The number of benzene rings is 1. The molecule has 2 heterocycles. The number of carbonyl (C=O) groups excluding carboxylic acids is 1. The van der Waals surface area contributed by atoms with Crippen LogP contribution in [0.1, 0.15) is 36.0 Å². The zero-order chi connectivity index (χ0) is 18.6. The molecule has 6 nitrogen and oxygen atoms in total. The maximum Gasteiger partial charge on any atom is 0.255 e. The number of carbonyl (C=O) groups is 1. The number of halogens is 1. The topological polar surface area (TPSA) is 79.4 Å². The van der Waals surface area contributed by atoms with Crippen molar-refractivity contribution >= 4 is 33.2 Å². The Morgan fingerprint density at radius 3 is 2.31 bits per heavy atom. The number of nitrogens with one attached hydrogen (secondary N) is 1. The molecule has 0 atom stereocenters. The van der Waals surface area contributed by atoms with Crippen molar-refractivity contribution in [2.45, 2.75) is 30.6 Å². The van der Waals surface area contributed by atoms with Gasteiger partial charge in [0.15, 0.2) is 0 Å². The van der Waals surface area contributed by atoms with Gasteiger partial charge in [0.2, 0.25) is 10.0 Å². The average Bonchev–Trinajstić information content (AvgIpc) is 2.92. The van der Waals surface area contributed by atoms with Crippen LogP contribution in [0.15, 0.2) is 47.5 Å². The lowest BCUT2D eigenvalue weighted by Gasteiger charge is -2.20. The third-order valence-electron chi connectivity index (χ3n) is 4.30. The van der Waals surface area contributed by atoms with Crippen LogP contribution in [-0.4, -0.2) is 36.7 Å². The van der Waals surface area contributed by atoms with E-state index < -0.39 is 10.0 Å². The molecule has 0 spiro atoms. The van der Waals surface area contributed by atoms with Crippen molar-refractivity contribution in [1.29, 1.82) is 0 Å². The van der Waals surface area contributed by atoms with Crippen LogP contribution in [0.3, 0.4) is 0 Å². The number of hydrogen-bond donors (Lipinski definition) is 1. The van der Waals surface area contributed by atoms with E-state index in [0.29, 0.717) is 24.3 Å². The highest BCUT2D eigenvalue weighted by Crippen LogP contribution is 2.22. The molecule has 0 bridgehead atoms. The van der Waals surface area contributed by atoms with Crippen molar-refractivity contribution in [3.05, 3.63) is 53.3 Å². The van der Waals surface area contributed by atoms with E-state index in [1.54, 1.807) is 22.5 Å². The number of nitrogens with zero attached hydrogens (tertiary/aromatic N) is 2. The Morgan fingerprint density at radius 1 is 1.04 bits per heavy atom. The summed E-state index contributed by atoms with van der Waals surface area (Å²) >= 11 is 5.79. The number of aromatic nitrogens is 1. The molecule has 0 aliphatic carbocycles. The Balaban J connectivity index is 1.72. The Kier molecular flexibility index (Phi) is 5.90. The average molecular weight is 394 g/mol. The summed E-state index contributed by atoms with van der Waals surface area (Å²) in [6, 6.07) is 9.25. The number of pyridine rings is 1. The van der Waals surface area contributed by atoms with E-state index in [-0.39, 0.29) is 16.0 Å². The molecule has 1 fully saturated rings. The normalized spacial score (nSPS) is 16.0. The van der Waals surface area contributed by atoms with E-state index in [1.807, 2.05) is 0 Å². The molecule has 1 saturated heterocycles. The highest BCUT2D eigenvalue weighted by molar-refractivity contribution is 7.89. The smallest absolute Gasteiger partial charge is 0.255 e. The number of hydrogen-bond acceptors (Lipinski definition) is 4. The monoisotopic (exact) mass is 393 g/mol. The van der Waals surface area contributed by atoms with E-state index in [2.05, 4.69) is 10.3 Å². The third kappa shape index (κ3) is 4.41. The second-order valence-corrected chi connectivity index (χ2v) is 8.49. The second-order valence-electron chi connectivity index (χ2n) is 6.16. The van der Waals surface area contributed by atoms with Gasteiger partial charge < -0.3 is 5.32 Å². The molecule has 2 aromatic rings. The second kappa shape index (κ2) is 8.16. The highest BCUT2D eigenvalue weighted by atomic mass is 35.5. The molecule has 3 rings (SSSR count). The molecule has 138 valence electrons. The lowest BCUT2D eigenvalue weighted by molar-refractivity contribution is 0.102. The summed E-state index contributed by atoms with van der Waals surface area (Å²) in [7, 11) is -3.49. The largest absolute Gasteiger partial charge is 0.322 e. The van der Waals surface area contributed by atoms with Crippen LogP contribution in [0.2, 0.25) is 5.15 Å². The van der Waals surface area contributed by atoms with Gasteiger partial charge in [0.1, 0.15) is 5.15 Å². The van der Waals surface area contributed by atoms with Gasteiger partial charge in [-0.1, -0.05) is 24.4 Å². The molecule has 1 aromatic heterocycles. The van der Waals surface area contributed by atoms with Crippen molar-refractivity contribution < 1.29 is 13.2 Å². The van der Waals surface area contributed by atoms with Gasteiger partial charge in [-0.2, -0.15) is 4.31 Å². The molecule has 1 aliphatic rings. The summed E-state index contributed by atoms with van der Waals surface area (Å²) in [5.41, 5.74) is 0.893. The lowest BCUT2D eigenvalue weighted by Crippen LogP contribution is -2.31. The Bertz CT molecular complexity index is 877. The number of rotatable bonds is 4. The first-order valence-electron chi connectivity index (χ1n) is 8.50. The first kappa shape index (κ1) is 18.8.